The van der Waals surface area contributed by atoms with Gasteiger partial charge in [0.2, 0.25) is 0 Å². The van der Waals surface area contributed by atoms with E-state index in [1.54, 1.807) is 11.3 Å². The molecule has 2 nitrogen and oxygen atoms in total. The average molecular weight is 268 g/mol. The minimum absolute atomic E-state index is 0.278. The van der Waals surface area contributed by atoms with Crippen LogP contribution in [0.2, 0.25) is 0 Å². The van der Waals surface area contributed by atoms with Crippen LogP contribution in [0.1, 0.15) is 16.6 Å². The molecule has 0 aliphatic rings. The fourth-order valence-electron chi connectivity index (χ4n) is 2.20. The predicted octanol–water partition coefficient (Wildman–Crippen LogP) is 3.80. The molecule has 0 amide bonds. The molecule has 3 aromatic rings. The molecule has 96 valence electrons. The number of aromatic nitrogens is 1. The number of benzene rings is 2. The van der Waals surface area contributed by atoms with Gasteiger partial charge in [0.05, 0.1) is 16.3 Å². The first-order valence-electron chi connectivity index (χ1n) is 6.43. The first-order chi connectivity index (χ1) is 9.36. The molecule has 0 saturated heterocycles. The van der Waals surface area contributed by atoms with Crippen molar-refractivity contribution in [3.05, 3.63) is 65.2 Å². The normalized spacial score (nSPS) is 12.7. The van der Waals surface area contributed by atoms with Crippen molar-refractivity contribution in [3.63, 3.8) is 0 Å². The van der Waals surface area contributed by atoms with Gasteiger partial charge in [0.15, 0.2) is 0 Å². The Hall–Kier alpha value is -1.71. The Labute approximate surface area is 117 Å². The Morgan fingerprint density at radius 1 is 1.05 bits per heavy atom. The highest BCUT2D eigenvalue weighted by molar-refractivity contribution is 7.18. The van der Waals surface area contributed by atoms with Gasteiger partial charge >= 0.3 is 0 Å². The molecular weight excluding hydrogens is 252 g/mol. The van der Waals surface area contributed by atoms with E-state index in [0.29, 0.717) is 0 Å². The summed E-state index contributed by atoms with van der Waals surface area (Å²) in [6.45, 7) is 0. The SMILES string of the molecule is CNC(Cc1ccccc1)c1nc2ccccc2s1. The summed E-state index contributed by atoms with van der Waals surface area (Å²) in [5.41, 5.74) is 2.43. The van der Waals surface area contributed by atoms with E-state index in [1.165, 1.54) is 10.3 Å². The molecule has 3 rings (SSSR count). The van der Waals surface area contributed by atoms with Crippen LogP contribution in [0.3, 0.4) is 0 Å². The number of rotatable bonds is 4. The van der Waals surface area contributed by atoms with Gasteiger partial charge in [-0.25, -0.2) is 4.98 Å². The maximum Gasteiger partial charge on any atom is 0.111 e. The Kier molecular flexibility index (Phi) is 3.58. The lowest BCUT2D eigenvalue weighted by molar-refractivity contribution is 0.589. The fourth-order valence-corrected chi connectivity index (χ4v) is 3.28. The van der Waals surface area contributed by atoms with E-state index in [4.69, 9.17) is 4.98 Å². The van der Waals surface area contributed by atoms with E-state index in [2.05, 4.69) is 53.8 Å². The van der Waals surface area contributed by atoms with E-state index in [0.717, 1.165) is 16.9 Å². The van der Waals surface area contributed by atoms with Crippen LogP contribution >= 0.6 is 11.3 Å². The van der Waals surface area contributed by atoms with E-state index < -0.39 is 0 Å². The second-order valence-electron chi connectivity index (χ2n) is 4.55. The molecule has 2 aromatic carbocycles. The van der Waals surface area contributed by atoms with Crippen LogP contribution < -0.4 is 5.32 Å². The molecule has 1 heterocycles. The summed E-state index contributed by atoms with van der Waals surface area (Å²) in [6.07, 6.45) is 0.969. The molecule has 1 unspecified atom stereocenters. The Morgan fingerprint density at radius 2 is 1.79 bits per heavy atom. The van der Waals surface area contributed by atoms with Crippen LogP contribution in [-0.2, 0) is 6.42 Å². The van der Waals surface area contributed by atoms with Crippen molar-refractivity contribution in [2.75, 3.05) is 7.05 Å². The summed E-state index contributed by atoms with van der Waals surface area (Å²) in [5.74, 6) is 0. The van der Waals surface area contributed by atoms with Crippen LogP contribution in [0.4, 0.5) is 0 Å². The van der Waals surface area contributed by atoms with Gasteiger partial charge in [0, 0.05) is 0 Å². The van der Waals surface area contributed by atoms with Crippen molar-refractivity contribution in [3.8, 4) is 0 Å². The third-order valence-electron chi connectivity index (χ3n) is 3.24. The first-order valence-corrected chi connectivity index (χ1v) is 7.25. The molecule has 19 heavy (non-hydrogen) atoms. The van der Waals surface area contributed by atoms with Crippen LogP contribution in [0.5, 0.6) is 0 Å². The molecule has 0 fully saturated rings. The highest BCUT2D eigenvalue weighted by Crippen LogP contribution is 2.27. The lowest BCUT2D eigenvalue weighted by atomic mass is 10.1. The Balaban J connectivity index is 1.89. The van der Waals surface area contributed by atoms with Crippen molar-refractivity contribution < 1.29 is 0 Å². The van der Waals surface area contributed by atoms with Gasteiger partial charge in [-0.1, -0.05) is 42.5 Å². The summed E-state index contributed by atoms with van der Waals surface area (Å²) in [6, 6.07) is 19.1. The monoisotopic (exact) mass is 268 g/mol. The molecule has 1 N–H and O–H groups in total. The lowest BCUT2D eigenvalue weighted by Gasteiger charge is -2.13. The van der Waals surface area contributed by atoms with Crippen LogP contribution in [-0.4, -0.2) is 12.0 Å². The predicted molar refractivity (Wildman–Crippen MR) is 81.6 cm³/mol. The number of thiazole rings is 1. The molecule has 0 radical (unpaired) electrons. The summed E-state index contributed by atoms with van der Waals surface area (Å²) < 4.78 is 1.26. The third kappa shape index (κ3) is 2.67. The zero-order valence-corrected chi connectivity index (χ0v) is 11.7. The number of fused-ring (bicyclic) bond motifs is 1. The minimum atomic E-state index is 0.278. The van der Waals surface area contributed by atoms with Gasteiger partial charge in [0.1, 0.15) is 5.01 Å². The largest absolute Gasteiger partial charge is 0.311 e. The summed E-state index contributed by atoms with van der Waals surface area (Å²) in [5, 5.41) is 4.54. The summed E-state index contributed by atoms with van der Waals surface area (Å²) in [7, 11) is 2.00. The van der Waals surface area contributed by atoms with Crippen molar-refractivity contribution >= 4 is 21.6 Å². The molecular formula is C16H16N2S. The summed E-state index contributed by atoms with van der Waals surface area (Å²) in [4.78, 5) is 4.74. The van der Waals surface area contributed by atoms with Gasteiger partial charge in [0.25, 0.3) is 0 Å². The number of hydrogen-bond acceptors (Lipinski definition) is 3. The van der Waals surface area contributed by atoms with Crippen molar-refractivity contribution in [1.29, 1.82) is 0 Å². The quantitative estimate of drug-likeness (QED) is 0.778. The first kappa shape index (κ1) is 12.3. The smallest absolute Gasteiger partial charge is 0.111 e. The standard InChI is InChI=1S/C16H16N2S/c1-17-14(11-12-7-3-2-4-8-12)16-18-13-9-5-6-10-15(13)19-16/h2-10,14,17H,11H2,1H3. The zero-order valence-electron chi connectivity index (χ0n) is 10.8. The van der Waals surface area contributed by atoms with Gasteiger partial charge in [-0.2, -0.15) is 0 Å². The summed E-state index contributed by atoms with van der Waals surface area (Å²) >= 11 is 1.78. The molecule has 1 atom stereocenters. The Bertz CT molecular complexity index is 628. The van der Waals surface area contributed by atoms with E-state index in [1.807, 2.05) is 13.1 Å². The highest BCUT2D eigenvalue weighted by atomic mass is 32.1. The molecule has 3 heteroatoms. The topological polar surface area (TPSA) is 24.9 Å². The second-order valence-corrected chi connectivity index (χ2v) is 5.61. The van der Waals surface area contributed by atoms with E-state index in [9.17, 15) is 0 Å². The number of nitrogens with zero attached hydrogens (tertiary/aromatic N) is 1. The fraction of sp³-hybridized carbons (Fsp3) is 0.188. The number of likely N-dealkylation sites (N-methyl/N-ethyl adjacent to an activating group) is 1. The average Bonchev–Trinajstić information content (AvgIpc) is 2.89. The molecule has 0 bridgehead atoms. The van der Waals surface area contributed by atoms with Crippen molar-refractivity contribution in [2.24, 2.45) is 0 Å². The van der Waals surface area contributed by atoms with E-state index in [-0.39, 0.29) is 6.04 Å². The number of hydrogen-bond donors (Lipinski definition) is 1. The van der Waals surface area contributed by atoms with E-state index >= 15 is 0 Å². The molecule has 0 spiro atoms. The number of para-hydroxylation sites is 1. The van der Waals surface area contributed by atoms with Gasteiger partial charge in [-0.15, -0.1) is 11.3 Å². The highest BCUT2D eigenvalue weighted by Gasteiger charge is 2.14. The third-order valence-corrected chi connectivity index (χ3v) is 4.39. The van der Waals surface area contributed by atoms with Crippen LogP contribution in [0.15, 0.2) is 54.6 Å². The van der Waals surface area contributed by atoms with Crippen LogP contribution in [0, 0.1) is 0 Å². The lowest BCUT2D eigenvalue weighted by Crippen LogP contribution is -2.18. The molecule has 0 saturated carbocycles. The van der Waals surface area contributed by atoms with Gasteiger partial charge in [-0.05, 0) is 31.2 Å². The molecule has 0 aliphatic carbocycles. The molecule has 0 aliphatic heterocycles. The molecule has 1 aromatic heterocycles. The van der Waals surface area contributed by atoms with Crippen LogP contribution in [0.25, 0.3) is 10.2 Å². The Morgan fingerprint density at radius 3 is 2.53 bits per heavy atom. The van der Waals surface area contributed by atoms with Gasteiger partial charge in [-0.3, -0.25) is 0 Å². The minimum Gasteiger partial charge on any atom is -0.311 e. The number of nitrogens with one attached hydrogen (secondary N) is 1. The van der Waals surface area contributed by atoms with Crippen molar-refractivity contribution in [2.45, 2.75) is 12.5 Å². The maximum atomic E-state index is 4.74. The zero-order chi connectivity index (χ0) is 13.1. The van der Waals surface area contributed by atoms with Gasteiger partial charge < -0.3 is 5.32 Å². The van der Waals surface area contributed by atoms with Crippen molar-refractivity contribution in [1.82, 2.24) is 10.3 Å². The second kappa shape index (κ2) is 5.51. The maximum absolute atomic E-state index is 4.74.